The van der Waals surface area contributed by atoms with Gasteiger partial charge in [0.05, 0.1) is 12.2 Å². The van der Waals surface area contributed by atoms with Crippen molar-refractivity contribution in [3.8, 4) is 0 Å². The molecule has 2 aromatic rings. The van der Waals surface area contributed by atoms with E-state index in [4.69, 9.17) is 0 Å². The van der Waals surface area contributed by atoms with Gasteiger partial charge in [0.1, 0.15) is 6.54 Å². The lowest BCUT2D eigenvalue weighted by Crippen LogP contribution is -2.33. The van der Waals surface area contributed by atoms with Crippen LogP contribution >= 0.6 is 11.3 Å². The third kappa shape index (κ3) is 4.00. The van der Waals surface area contributed by atoms with Gasteiger partial charge in [0.25, 0.3) is 5.91 Å². The molecular formula is C16H23N5O2S. The van der Waals surface area contributed by atoms with E-state index in [0.29, 0.717) is 13.1 Å². The summed E-state index contributed by atoms with van der Waals surface area (Å²) in [5.74, 6) is -0.248. The van der Waals surface area contributed by atoms with Gasteiger partial charge in [-0.1, -0.05) is 11.3 Å². The molecule has 24 heavy (non-hydrogen) atoms. The highest BCUT2D eigenvalue weighted by Gasteiger charge is 2.22. The van der Waals surface area contributed by atoms with Crippen molar-refractivity contribution in [2.45, 2.75) is 33.4 Å². The van der Waals surface area contributed by atoms with Gasteiger partial charge in [-0.05, 0) is 32.2 Å². The van der Waals surface area contributed by atoms with E-state index < -0.39 is 0 Å². The van der Waals surface area contributed by atoms with E-state index in [-0.39, 0.29) is 30.1 Å². The van der Waals surface area contributed by atoms with Crippen LogP contribution in [0.4, 0.5) is 0 Å². The highest BCUT2D eigenvalue weighted by molar-refractivity contribution is 7.10. The molecule has 0 spiro atoms. The van der Waals surface area contributed by atoms with Gasteiger partial charge in [-0.3, -0.25) is 9.59 Å². The Hall–Kier alpha value is -2.22. The van der Waals surface area contributed by atoms with Crippen molar-refractivity contribution in [2.75, 3.05) is 20.1 Å². The summed E-state index contributed by atoms with van der Waals surface area (Å²) in [6.07, 6.45) is 1.53. The molecule has 1 atom stereocenters. The van der Waals surface area contributed by atoms with Crippen LogP contribution in [0.2, 0.25) is 0 Å². The maximum absolute atomic E-state index is 12.5. The minimum atomic E-state index is -0.211. The number of carbonyl (C=O) groups is 2. The summed E-state index contributed by atoms with van der Waals surface area (Å²) in [5, 5.41) is 9.81. The summed E-state index contributed by atoms with van der Waals surface area (Å²) in [6.45, 7) is 7.22. The van der Waals surface area contributed by atoms with Crippen LogP contribution in [0.15, 0.2) is 23.7 Å². The molecule has 2 heterocycles. The third-order valence-corrected chi connectivity index (χ3v) is 5.07. The number of amides is 2. The Balaban J connectivity index is 2.04. The fraction of sp³-hybridized carbons (Fsp3) is 0.500. The fourth-order valence-electron chi connectivity index (χ4n) is 2.36. The van der Waals surface area contributed by atoms with E-state index in [1.165, 1.54) is 10.9 Å². The van der Waals surface area contributed by atoms with Crippen LogP contribution < -0.4 is 0 Å². The minimum Gasteiger partial charge on any atom is -0.342 e. The number of hydrogen-bond donors (Lipinski definition) is 0. The average Bonchev–Trinajstić information content (AvgIpc) is 3.25. The second kappa shape index (κ2) is 8.05. The average molecular weight is 349 g/mol. The van der Waals surface area contributed by atoms with Gasteiger partial charge in [-0.2, -0.15) is 0 Å². The molecule has 8 heteroatoms. The van der Waals surface area contributed by atoms with Crippen LogP contribution in [0.5, 0.6) is 0 Å². The zero-order valence-electron chi connectivity index (χ0n) is 14.5. The number of rotatable bonds is 7. The van der Waals surface area contributed by atoms with Gasteiger partial charge in [0.15, 0.2) is 5.69 Å². The molecule has 0 fully saturated rings. The van der Waals surface area contributed by atoms with Gasteiger partial charge < -0.3 is 9.80 Å². The molecule has 0 aromatic carbocycles. The fourth-order valence-corrected chi connectivity index (χ4v) is 3.19. The van der Waals surface area contributed by atoms with Gasteiger partial charge in [0.2, 0.25) is 5.91 Å². The van der Waals surface area contributed by atoms with Crippen molar-refractivity contribution in [2.24, 2.45) is 0 Å². The second-order valence-electron chi connectivity index (χ2n) is 5.47. The van der Waals surface area contributed by atoms with Crippen LogP contribution in [0, 0.1) is 0 Å². The van der Waals surface area contributed by atoms with Crippen LogP contribution in [-0.2, 0) is 11.3 Å². The van der Waals surface area contributed by atoms with Crippen molar-refractivity contribution >= 4 is 23.2 Å². The topological polar surface area (TPSA) is 71.3 Å². The smallest absolute Gasteiger partial charge is 0.276 e. The quantitative estimate of drug-likeness (QED) is 0.767. The summed E-state index contributed by atoms with van der Waals surface area (Å²) in [6, 6.07) is 3.92. The van der Waals surface area contributed by atoms with E-state index in [9.17, 15) is 9.59 Å². The second-order valence-corrected chi connectivity index (χ2v) is 6.45. The summed E-state index contributed by atoms with van der Waals surface area (Å²) in [5.41, 5.74) is 0.244. The van der Waals surface area contributed by atoms with Crippen molar-refractivity contribution in [1.82, 2.24) is 24.8 Å². The molecule has 0 saturated carbocycles. The Morgan fingerprint density at radius 1 is 1.33 bits per heavy atom. The summed E-state index contributed by atoms with van der Waals surface area (Å²) < 4.78 is 1.41. The Kier molecular flexibility index (Phi) is 6.08. The summed E-state index contributed by atoms with van der Waals surface area (Å²) in [4.78, 5) is 29.1. The molecule has 0 aliphatic rings. The SMILES string of the molecule is CCN(CC)C(=O)Cn1cc(C(=O)N(C)C(C)c2cccs2)nn1. The summed E-state index contributed by atoms with van der Waals surface area (Å²) >= 11 is 1.61. The number of hydrogen-bond acceptors (Lipinski definition) is 5. The first-order chi connectivity index (χ1) is 11.5. The van der Waals surface area contributed by atoms with E-state index in [0.717, 1.165) is 4.88 Å². The van der Waals surface area contributed by atoms with E-state index in [2.05, 4.69) is 10.3 Å². The van der Waals surface area contributed by atoms with Crippen LogP contribution in [0.25, 0.3) is 0 Å². The lowest BCUT2D eigenvalue weighted by atomic mass is 10.2. The molecule has 7 nitrogen and oxygen atoms in total. The molecule has 0 N–H and O–H groups in total. The Labute approximate surface area is 145 Å². The molecule has 1 unspecified atom stereocenters. The summed E-state index contributed by atoms with van der Waals surface area (Å²) in [7, 11) is 1.74. The molecule has 130 valence electrons. The van der Waals surface area contributed by atoms with Gasteiger partial charge in [0, 0.05) is 25.0 Å². The van der Waals surface area contributed by atoms with Crippen LogP contribution in [-0.4, -0.2) is 56.7 Å². The van der Waals surface area contributed by atoms with Gasteiger partial charge in [-0.25, -0.2) is 4.68 Å². The third-order valence-electron chi connectivity index (χ3n) is 4.03. The number of nitrogens with zero attached hydrogens (tertiary/aromatic N) is 5. The first-order valence-electron chi connectivity index (χ1n) is 7.96. The Morgan fingerprint density at radius 2 is 2.04 bits per heavy atom. The number of aromatic nitrogens is 3. The van der Waals surface area contributed by atoms with Crippen LogP contribution in [0.3, 0.4) is 0 Å². The van der Waals surface area contributed by atoms with Crippen molar-refractivity contribution in [1.29, 1.82) is 0 Å². The molecule has 2 amide bonds. The number of thiophene rings is 1. The predicted octanol–water partition coefficient (Wildman–Crippen LogP) is 2.04. The number of likely N-dealkylation sites (N-methyl/N-ethyl adjacent to an activating group) is 1. The lowest BCUT2D eigenvalue weighted by molar-refractivity contribution is -0.131. The van der Waals surface area contributed by atoms with Crippen LogP contribution in [0.1, 0.15) is 42.2 Å². The molecule has 2 aromatic heterocycles. The highest BCUT2D eigenvalue weighted by atomic mass is 32.1. The predicted molar refractivity (Wildman–Crippen MR) is 92.8 cm³/mol. The maximum atomic E-state index is 12.5. The first-order valence-corrected chi connectivity index (χ1v) is 8.84. The molecule has 0 radical (unpaired) electrons. The van der Waals surface area contributed by atoms with Crippen molar-refractivity contribution < 1.29 is 9.59 Å². The van der Waals surface area contributed by atoms with Gasteiger partial charge >= 0.3 is 0 Å². The van der Waals surface area contributed by atoms with Crippen molar-refractivity contribution in [3.63, 3.8) is 0 Å². The molecule has 2 rings (SSSR count). The molecule has 0 saturated heterocycles. The van der Waals surface area contributed by atoms with E-state index >= 15 is 0 Å². The Morgan fingerprint density at radius 3 is 2.62 bits per heavy atom. The van der Waals surface area contributed by atoms with Crippen molar-refractivity contribution in [3.05, 3.63) is 34.3 Å². The zero-order chi connectivity index (χ0) is 17.7. The lowest BCUT2D eigenvalue weighted by Gasteiger charge is -2.22. The molecular weight excluding hydrogens is 326 g/mol. The van der Waals surface area contributed by atoms with E-state index in [1.54, 1.807) is 28.2 Å². The normalized spacial score (nSPS) is 12.0. The molecule has 0 aliphatic carbocycles. The first kappa shape index (κ1) is 18.1. The maximum Gasteiger partial charge on any atom is 0.276 e. The number of carbonyl (C=O) groups excluding carboxylic acids is 2. The standard InChI is InChI=1S/C16H23N5O2S/c1-5-20(6-2)15(22)11-21-10-13(17-18-21)16(23)19(4)12(3)14-8-7-9-24-14/h7-10,12H,5-6,11H2,1-4H3. The monoisotopic (exact) mass is 349 g/mol. The highest BCUT2D eigenvalue weighted by Crippen LogP contribution is 2.24. The largest absolute Gasteiger partial charge is 0.342 e. The zero-order valence-corrected chi connectivity index (χ0v) is 15.3. The molecule has 0 aliphatic heterocycles. The van der Waals surface area contributed by atoms with Gasteiger partial charge in [-0.15, -0.1) is 16.4 Å². The minimum absolute atomic E-state index is 0.0378. The molecule has 0 bridgehead atoms. The van der Waals surface area contributed by atoms with E-state index in [1.807, 2.05) is 38.3 Å². The Bertz CT molecular complexity index is 678.